The van der Waals surface area contributed by atoms with Gasteiger partial charge in [-0.1, -0.05) is 42.5 Å². The van der Waals surface area contributed by atoms with E-state index in [9.17, 15) is 4.79 Å². The van der Waals surface area contributed by atoms with Crippen molar-refractivity contribution in [2.24, 2.45) is 0 Å². The van der Waals surface area contributed by atoms with Gasteiger partial charge in [-0.15, -0.1) is 11.3 Å². The van der Waals surface area contributed by atoms with Crippen molar-refractivity contribution in [3.05, 3.63) is 83.1 Å². The van der Waals surface area contributed by atoms with Gasteiger partial charge in [-0.05, 0) is 35.8 Å². The second kappa shape index (κ2) is 8.19. The number of thiazole rings is 1. The minimum absolute atomic E-state index is 0.0694. The predicted octanol–water partition coefficient (Wildman–Crippen LogP) is 4.95. The maximum Gasteiger partial charge on any atom is 0.303 e. The standard InChI is InChI=1S/C22H19N3O2S/c26-21(27)11-10-18(22-24-19-8-4-5-9-20(19)28-22)12-17-13-23-25(15-17)14-16-6-2-1-3-7-16/h1-9,12-13,15H,10-11,14H2,(H,26,27)/b18-12+. The van der Waals surface area contributed by atoms with Crippen LogP contribution >= 0.6 is 11.3 Å². The molecule has 4 rings (SSSR count). The summed E-state index contributed by atoms with van der Waals surface area (Å²) in [4.78, 5) is 15.8. The quantitative estimate of drug-likeness (QED) is 0.486. The Bertz CT molecular complexity index is 1100. The molecule has 1 N–H and O–H groups in total. The second-order valence-corrected chi connectivity index (χ2v) is 7.54. The van der Waals surface area contributed by atoms with Gasteiger partial charge in [-0.25, -0.2) is 4.98 Å². The zero-order valence-corrected chi connectivity index (χ0v) is 16.0. The molecular weight excluding hydrogens is 370 g/mol. The Labute approximate surface area is 166 Å². The molecule has 140 valence electrons. The largest absolute Gasteiger partial charge is 0.481 e. The summed E-state index contributed by atoms with van der Waals surface area (Å²) in [5.41, 5.74) is 3.97. The third-order valence-corrected chi connectivity index (χ3v) is 5.47. The summed E-state index contributed by atoms with van der Waals surface area (Å²) in [6.45, 7) is 0.695. The number of carboxylic acids is 1. The van der Waals surface area contributed by atoms with Crippen molar-refractivity contribution in [2.45, 2.75) is 19.4 Å². The fourth-order valence-corrected chi connectivity index (χ4v) is 4.01. The molecule has 28 heavy (non-hydrogen) atoms. The predicted molar refractivity (Wildman–Crippen MR) is 112 cm³/mol. The molecule has 0 saturated carbocycles. The van der Waals surface area contributed by atoms with E-state index in [4.69, 9.17) is 10.1 Å². The molecule has 2 aromatic carbocycles. The van der Waals surface area contributed by atoms with E-state index >= 15 is 0 Å². The number of aromatic nitrogens is 3. The fraction of sp³-hybridized carbons (Fsp3) is 0.136. The molecule has 0 aliphatic heterocycles. The van der Waals surface area contributed by atoms with Crippen molar-refractivity contribution in [1.29, 1.82) is 0 Å². The normalized spacial score (nSPS) is 11.8. The van der Waals surface area contributed by atoms with E-state index in [-0.39, 0.29) is 6.42 Å². The molecule has 2 aromatic heterocycles. The Morgan fingerprint density at radius 1 is 1.07 bits per heavy atom. The molecule has 5 nitrogen and oxygen atoms in total. The molecule has 0 aliphatic carbocycles. The van der Waals surface area contributed by atoms with Crippen molar-refractivity contribution in [3.63, 3.8) is 0 Å². The van der Waals surface area contributed by atoms with Gasteiger partial charge in [-0.3, -0.25) is 9.48 Å². The highest BCUT2D eigenvalue weighted by Crippen LogP contribution is 2.30. The molecule has 0 atom stereocenters. The van der Waals surface area contributed by atoms with Gasteiger partial charge in [-0.2, -0.15) is 5.10 Å². The van der Waals surface area contributed by atoms with Gasteiger partial charge in [0, 0.05) is 18.2 Å². The average molecular weight is 389 g/mol. The molecule has 0 unspecified atom stereocenters. The van der Waals surface area contributed by atoms with Crippen LogP contribution in [0.15, 0.2) is 67.0 Å². The van der Waals surface area contributed by atoms with E-state index in [0.29, 0.717) is 13.0 Å². The maximum absolute atomic E-state index is 11.1. The van der Waals surface area contributed by atoms with Crippen LogP contribution < -0.4 is 0 Å². The van der Waals surface area contributed by atoms with Crippen LogP contribution in [0.1, 0.15) is 29.0 Å². The second-order valence-electron chi connectivity index (χ2n) is 6.51. The van der Waals surface area contributed by atoms with Crippen molar-refractivity contribution in [1.82, 2.24) is 14.8 Å². The van der Waals surface area contributed by atoms with Crippen molar-refractivity contribution in [2.75, 3.05) is 0 Å². The number of fused-ring (bicyclic) bond motifs is 1. The SMILES string of the molecule is O=C(O)CC/C(=C\c1cnn(Cc2ccccc2)c1)c1nc2ccccc2s1. The monoisotopic (exact) mass is 389 g/mol. The number of hydrogen-bond acceptors (Lipinski definition) is 4. The van der Waals surface area contributed by atoms with Crippen LogP contribution in [-0.4, -0.2) is 25.8 Å². The van der Waals surface area contributed by atoms with E-state index in [1.165, 1.54) is 5.56 Å². The summed E-state index contributed by atoms with van der Waals surface area (Å²) in [5, 5.41) is 14.4. The molecule has 0 aliphatic rings. The van der Waals surface area contributed by atoms with E-state index in [2.05, 4.69) is 17.2 Å². The summed E-state index contributed by atoms with van der Waals surface area (Å²) in [5.74, 6) is -0.813. The smallest absolute Gasteiger partial charge is 0.303 e. The lowest BCUT2D eigenvalue weighted by atomic mass is 10.1. The zero-order valence-electron chi connectivity index (χ0n) is 15.2. The van der Waals surface area contributed by atoms with Crippen LogP contribution in [0.4, 0.5) is 0 Å². The minimum atomic E-state index is -0.813. The lowest BCUT2D eigenvalue weighted by Crippen LogP contribution is -1.99. The Kier molecular flexibility index (Phi) is 5.30. The first-order valence-corrected chi connectivity index (χ1v) is 9.84. The van der Waals surface area contributed by atoms with E-state index in [1.54, 1.807) is 17.5 Å². The lowest BCUT2D eigenvalue weighted by molar-refractivity contribution is -0.136. The molecule has 0 saturated heterocycles. The van der Waals surface area contributed by atoms with Crippen LogP contribution in [-0.2, 0) is 11.3 Å². The first-order chi connectivity index (χ1) is 13.7. The number of aliphatic carboxylic acids is 1. The number of carboxylic acid groups (broad SMARTS) is 1. The molecule has 6 heteroatoms. The number of hydrogen-bond donors (Lipinski definition) is 1. The van der Waals surface area contributed by atoms with Gasteiger partial charge >= 0.3 is 5.97 Å². The molecule has 0 spiro atoms. The van der Waals surface area contributed by atoms with Crippen LogP contribution in [0.3, 0.4) is 0 Å². The van der Waals surface area contributed by atoms with Crippen LogP contribution in [0.25, 0.3) is 21.9 Å². The van der Waals surface area contributed by atoms with E-state index < -0.39 is 5.97 Å². The molecule has 4 aromatic rings. The van der Waals surface area contributed by atoms with E-state index in [0.717, 1.165) is 26.4 Å². The molecule has 0 amide bonds. The number of nitrogens with zero attached hydrogens (tertiary/aromatic N) is 3. The summed E-state index contributed by atoms with van der Waals surface area (Å²) in [6.07, 6.45) is 6.27. The number of benzene rings is 2. The first-order valence-electron chi connectivity index (χ1n) is 9.02. The van der Waals surface area contributed by atoms with Gasteiger partial charge in [0.05, 0.1) is 23.0 Å². The Balaban J connectivity index is 1.62. The Hall–Kier alpha value is -3.25. The van der Waals surface area contributed by atoms with Crippen molar-refractivity contribution < 1.29 is 9.90 Å². The van der Waals surface area contributed by atoms with Crippen LogP contribution in [0.2, 0.25) is 0 Å². The topological polar surface area (TPSA) is 68.0 Å². The van der Waals surface area contributed by atoms with Gasteiger partial charge in [0.2, 0.25) is 0 Å². The summed E-state index contributed by atoms with van der Waals surface area (Å²) in [6, 6.07) is 18.1. The fourth-order valence-electron chi connectivity index (χ4n) is 3.00. The maximum atomic E-state index is 11.1. The van der Waals surface area contributed by atoms with Crippen molar-refractivity contribution >= 4 is 39.2 Å². The molecule has 0 fully saturated rings. The highest BCUT2D eigenvalue weighted by molar-refractivity contribution is 7.19. The lowest BCUT2D eigenvalue weighted by Gasteiger charge is -2.02. The molecular formula is C22H19N3O2S. The summed E-state index contributed by atoms with van der Waals surface area (Å²) in [7, 11) is 0. The Morgan fingerprint density at radius 2 is 1.86 bits per heavy atom. The number of rotatable bonds is 7. The van der Waals surface area contributed by atoms with Crippen molar-refractivity contribution in [3.8, 4) is 0 Å². The highest BCUT2D eigenvalue weighted by Gasteiger charge is 2.11. The third kappa shape index (κ3) is 4.35. The van der Waals surface area contributed by atoms with Gasteiger partial charge < -0.3 is 5.11 Å². The van der Waals surface area contributed by atoms with Crippen LogP contribution in [0, 0.1) is 0 Å². The Morgan fingerprint density at radius 3 is 2.64 bits per heavy atom. The van der Waals surface area contributed by atoms with Gasteiger partial charge in [0.15, 0.2) is 0 Å². The minimum Gasteiger partial charge on any atom is -0.481 e. The van der Waals surface area contributed by atoms with E-state index in [1.807, 2.05) is 59.4 Å². The number of para-hydroxylation sites is 1. The summed E-state index contributed by atoms with van der Waals surface area (Å²) >= 11 is 1.59. The highest BCUT2D eigenvalue weighted by atomic mass is 32.1. The molecule has 0 radical (unpaired) electrons. The number of allylic oxidation sites excluding steroid dienone is 1. The van der Waals surface area contributed by atoms with Gasteiger partial charge in [0.1, 0.15) is 5.01 Å². The molecule has 2 heterocycles. The third-order valence-electron chi connectivity index (χ3n) is 4.36. The zero-order chi connectivity index (χ0) is 19.3. The average Bonchev–Trinajstić information content (AvgIpc) is 3.32. The number of carbonyl (C=O) groups is 1. The summed E-state index contributed by atoms with van der Waals surface area (Å²) < 4.78 is 2.98. The van der Waals surface area contributed by atoms with Crippen LogP contribution in [0.5, 0.6) is 0 Å². The molecule has 0 bridgehead atoms. The first kappa shape index (κ1) is 18.1. The van der Waals surface area contributed by atoms with Gasteiger partial charge in [0.25, 0.3) is 0 Å².